The van der Waals surface area contributed by atoms with Gasteiger partial charge in [-0.1, -0.05) is 49.9 Å². The lowest BCUT2D eigenvalue weighted by molar-refractivity contribution is -0.136. The van der Waals surface area contributed by atoms with Crippen LogP contribution in [0, 0.1) is 5.92 Å². The topological polar surface area (TPSA) is 49.3 Å². The molecule has 0 saturated heterocycles. The smallest absolute Gasteiger partial charge is 0.307 e. The fourth-order valence-electron chi connectivity index (χ4n) is 3.10. The SMILES string of the molecule is O=C(O)Cc1ccccc1CNCCCC1CCCC1. The summed E-state index contributed by atoms with van der Waals surface area (Å²) in [7, 11) is 0. The molecule has 0 spiro atoms. The lowest BCUT2D eigenvalue weighted by atomic mass is 10.0. The summed E-state index contributed by atoms with van der Waals surface area (Å²) in [6, 6.07) is 7.80. The van der Waals surface area contributed by atoms with Gasteiger partial charge in [0.05, 0.1) is 6.42 Å². The number of hydrogen-bond donors (Lipinski definition) is 2. The van der Waals surface area contributed by atoms with E-state index in [2.05, 4.69) is 5.32 Å². The molecule has 1 aromatic rings. The van der Waals surface area contributed by atoms with E-state index in [-0.39, 0.29) is 6.42 Å². The maximum atomic E-state index is 10.8. The van der Waals surface area contributed by atoms with E-state index in [1.807, 2.05) is 24.3 Å². The van der Waals surface area contributed by atoms with Crippen LogP contribution in [-0.2, 0) is 17.8 Å². The molecule has 0 atom stereocenters. The summed E-state index contributed by atoms with van der Waals surface area (Å²) < 4.78 is 0. The van der Waals surface area contributed by atoms with Crippen molar-refractivity contribution in [2.75, 3.05) is 6.54 Å². The molecule has 0 aromatic heterocycles. The third-order valence-electron chi connectivity index (χ3n) is 4.22. The highest BCUT2D eigenvalue weighted by atomic mass is 16.4. The number of hydrogen-bond acceptors (Lipinski definition) is 2. The molecule has 2 N–H and O–H groups in total. The van der Waals surface area contributed by atoms with Crippen LogP contribution in [0.2, 0.25) is 0 Å². The molecule has 0 amide bonds. The summed E-state index contributed by atoms with van der Waals surface area (Å²) in [6.45, 7) is 1.80. The first-order chi connectivity index (χ1) is 9.75. The molecule has 1 aliphatic carbocycles. The van der Waals surface area contributed by atoms with Crippen molar-refractivity contribution in [3.63, 3.8) is 0 Å². The van der Waals surface area contributed by atoms with E-state index in [4.69, 9.17) is 5.11 Å². The summed E-state index contributed by atoms with van der Waals surface area (Å²) in [5.74, 6) is 0.190. The number of rotatable bonds is 8. The Morgan fingerprint density at radius 3 is 2.60 bits per heavy atom. The minimum atomic E-state index is -0.765. The van der Waals surface area contributed by atoms with Gasteiger partial charge in [0.25, 0.3) is 0 Å². The zero-order valence-electron chi connectivity index (χ0n) is 12.1. The molecule has 1 aromatic carbocycles. The largest absolute Gasteiger partial charge is 0.481 e. The fourth-order valence-corrected chi connectivity index (χ4v) is 3.10. The molecule has 0 radical (unpaired) electrons. The second-order valence-corrected chi connectivity index (χ2v) is 5.81. The Hall–Kier alpha value is -1.35. The van der Waals surface area contributed by atoms with Crippen molar-refractivity contribution < 1.29 is 9.90 Å². The lowest BCUT2D eigenvalue weighted by Gasteiger charge is -2.11. The summed E-state index contributed by atoms with van der Waals surface area (Å²) in [5.41, 5.74) is 2.03. The summed E-state index contributed by atoms with van der Waals surface area (Å²) in [6.07, 6.45) is 8.35. The van der Waals surface area contributed by atoms with Gasteiger partial charge < -0.3 is 10.4 Å². The van der Waals surface area contributed by atoms with Gasteiger partial charge in [-0.25, -0.2) is 0 Å². The normalized spacial score (nSPS) is 15.6. The van der Waals surface area contributed by atoms with Crippen LogP contribution in [-0.4, -0.2) is 17.6 Å². The number of carboxylic acid groups (broad SMARTS) is 1. The van der Waals surface area contributed by atoms with Gasteiger partial charge in [-0.3, -0.25) is 4.79 Å². The second kappa shape index (κ2) is 8.05. The van der Waals surface area contributed by atoms with Crippen molar-refractivity contribution >= 4 is 5.97 Å². The average molecular weight is 275 g/mol. The number of aliphatic carboxylic acids is 1. The molecule has 1 saturated carbocycles. The average Bonchev–Trinajstić information content (AvgIpc) is 2.93. The van der Waals surface area contributed by atoms with Crippen LogP contribution in [0.15, 0.2) is 24.3 Å². The zero-order valence-corrected chi connectivity index (χ0v) is 12.1. The van der Waals surface area contributed by atoms with E-state index in [0.717, 1.165) is 30.1 Å². The fraction of sp³-hybridized carbons (Fsp3) is 0.588. The molecule has 0 heterocycles. The molecular weight excluding hydrogens is 250 g/mol. The van der Waals surface area contributed by atoms with Gasteiger partial charge in [0.15, 0.2) is 0 Å². The van der Waals surface area contributed by atoms with Gasteiger partial charge in [0.1, 0.15) is 0 Å². The first-order valence-electron chi connectivity index (χ1n) is 7.75. The van der Waals surface area contributed by atoms with Gasteiger partial charge in [0, 0.05) is 6.54 Å². The molecule has 2 rings (SSSR count). The number of benzene rings is 1. The van der Waals surface area contributed by atoms with Crippen LogP contribution in [0.25, 0.3) is 0 Å². The van der Waals surface area contributed by atoms with Gasteiger partial charge in [-0.15, -0.1) is 0 Å². The molecule has 0 unspecified atom stereocenters. The first-order valence-corrected chi connectivity index (χ1v) is 7.75. The van der Waals surface area contributed by atoms with Crippen molar-refractivity contribution in [1.82, 2.24) is 5.32 Å². The summed E-state index contributed by atoms with van der Waals surface area (Å²) in [4.78, 5) is 10.8. The minimum Gasteiger partial charge on any atom is -0.481 e. The van der Waals surface area contributed by atoms with Crippen LogP contribution in [0.3, 0.4) is 0 Å². The van der Waals surface area contributed by atoms with Crippen LogP contribution in [0.1, 0.15) is 49.7 Å². The van der Waals surface area contributed by atoms with E-state index >= 15 is 0 Å². The Balaban J connectivity index is 1.69. The van der Waals surface area contributed by atoms with Crippen LogP contribution in [0.4, 0.5) is 0 Å². The Bertz CT molecular complexity index is 425. The molecule has 3 heteroatoms. The number of carboxylic acids is 1. The molecule has 20 heavy (non-hydrogen) atoms. The predicted octanol–water partition coefficient (Wildman–Crippen LogP) is 3.37. The highest BCUT2D eigenvalue weighted by molar-refractivity contribution is 5.70. The molecule has 1 aliphatic rings. The van der Waals surface area contributed by atoms with E-state index in [9.17, 15) is 4.79 Å². The van der Waals surface area contributed by atoms with Gasteiger partial charge >= 0.3 is 5.97 Å². The standard InChI is InChI=1S/C17H25NO2/c19-17(20)12-15-9-3-4-10-16(15)13-18-11-5-8-14-6-1-2-7-14/h3-4,9-10,14,18H,1-2,5-8,11-13H2,(H,19,20). The van der Waals surface area contributed by atoms with E-state index < -0.39 is 5.97 Å². The molecular formula is C17H25NO2. The third kappa shape index (κ3) is 4.97. The minimum absolute atomic E-state index is 0.111. The predicted molar refractivity (Wildman–Crippen MR) is 80.7 cm³/mol. The first kappa shape index (κ1) is 15.0. The summed E-state index contributed by atoms with van der Waals surface area (Å²) >= 11 is 0. The maximum absolute atomic E-state index is 10.8. The second-order valence-electron chi connectivity index (χ2n) is 5.81. The molecule has 1 fully saturated rings. The van der Waals surface area contributed by atoms with Crippen molar-refractivity contribution in [2.24, 2.45) is 5.92 Å². The van der Waals surface area contributed by atoms with Crippen LogP contribution < -0.4 is 5.32 Å². The van der Waals surface area contributed by atoms with E-state index in [0.29, 0.717) is 0 Å². The Kier molecular flexibility index (Phi) is 6.06. The van der Waals surface area contributed by atoms with E-state index in [1.165, 1.54) is 38.5 Å². The van der Waals surface area contributed by atoms with Crippen molar-refractivity contribution in [1.29, 1.82) is 0 Å². The lowest BCUT2D eigenvalue weighted by Crippen LogP contribution is -2.17. The Labute approximate surface area is 121 Å². The van der Waals surface area contributed by atoms with Crippen LogP contribution >= 0.6 is 0 Å². The van der Waals surface area contributed by atoms with Gasteiger partial charge in [-0.05, 0) is 36.4 Å². The zero-order chi connectivity index (χ0) is 14.2. The monoisotopic (exact) mass is 275 g/mol. The molecule has 3 nitrogen and oxygen atoms in total. The van der Waals surface area contributed by atoms with Crippen molar-refractivity contribution in [2.45, 2.75) is 51.5 Å². The maximum Gasteiger partial charge on any atom is 0.307 e. The Morgan fingerprint density at radius 1 is 1.20 bits per heavy atom. The van der Waals surface area contributed by atoms with Crippen molar-refractivity contribution in [3.05, 3.63) is 35.4 Å². The van der Waals surface area contributed by atoms with Crippen LogP contribution in [0.5, 0.6) is 0 Å². The van der Waals surface area contributed by atoms with Gasteiger partial charge in [-0.2, -0.15) is 0 Å². The number of carbonyl (C=O) groups is 1. The summed E-state index contributed by atoms with van der Waals surface area (Å²) in [5, 5.41) is 12.3. The molecule has 0 bridgehead atoms. The van der Waals surface area contributed by atoms with E-state index in [1.54, 1.807) is 0 Å². The molecule has 0 aliphatic heterocycles. The van der Waals surface area contributed by atoms with Crippen molar-refractivity contribution in [3.8, 4) is 0 Å². The highest BCUT2D eigenvalue weighted by Crippen LogP contribution is 2.28. The highest BCUT2D eigenvalue weighted by Gasteiger charge is 2.13. The third-order valence-corrected chi connectivity index (χ3v) is 4.22. The number of nitrogens with one attached hydrogen (secondary N) is 1. The van der Waals surface area contributed by atoms with Gasteiger partial charge in [0.2, 0.25) is 0 Å². The Morgan fingerprint density at radius 2 is 1.90 bits per heavy atom. The molecule has 110 valence electrons. The quantitative estimate of drug-likeness (QED) is 0.715.